The maximum atomic E-state index is 5.50. The third kappa shape index (κ3) is 4.22. The van der Waals surface area contributed by atoms with E-state index in [2.05, 4.69) is 27.8 Å². The highest BCUT2D eigenvalue weighted by Crippen LogP contribution is 2.17. The lowest BCUT2D eigenvalue weighted by molar-refractivity contribution is 0.0462. The molecule has 1 saturated heterocycles. The highest BCUT2D eigenvalue weighted by atomic mass is 16.5. The van der Waals surface area contributed by atoms with E-state index in [9.17, 15) is 0 Å². The van der Waals surface area contributed by atoms with Gasteiger partial charge in [0.1, 0.15) is 0 Å². The van der Waals surface area contributed by atoms with Crippen molar-refractivity contribution >= 4 is 0 Å². The highest BCUT2D eigenvalue weighted by Gasteiger charge is 2.19. The molecule has 0 aromatic carbocycles. The SMILES string of the molecule is COCCNC(C)c1nnnn1CC1CCCOC1. The number of hydrogen-bond acceptors (Lipinski definition) is 6. The van der Waals surface area contributed by atoms with Crippen LogP contribution in [0.25, 0.3) is 0 Å². The molecule has 2 heterocycles. The van der Waals surface area contributed by atoms with Crippen molar-refractivity contribution in [3.05, 3.63) is 5.82 Å². The number of methoxy groups -OCH3 is 1. The average Bonchev–Trinajstić information content (AvgIpc) is 2.88. The number of tetrazole rings is 1. The van der Waals surface area contributed by atoms with Crippen molar-refractivity contribution in [2.24, 2.45) is 5.92 Å². The Hall–Kier alpha value is -1.05. The van der Waals surface area contributed by atoms with E-state index in [0.29, 0.717) is 12.5 Å². The van der Waals surface area contributed by atoms with Crippen molar-refractivity contribution in [3.63, 3.8) is 0 Å². The lowest BCUT2D eigenvalue weighted by atomic mass is 10.0. The lowest BCUT2D eigenvalue weighted by Gasteiger charge is -2.22. The van der Waals surface area contributed by atoms with Gasteiger partial charge in [0.25, 0.3) is 0 Å². The minimum atomic E-state index is 0.120. The van der Waals surface area contributed by atoms with Gasteiger partial charge in [-0.05, 0) is 30.2 Å². The van der Waals surface area contributed by atoms with Crippen molar-refractivity contribution in [1.29, 1.82) is 0 Å². The van der Waals surface area contributed by atoms with Crippen LogP contribution >= 0.6 is 0 Å². The molecule has 19 heavy (non-hydrogen) atoms. The quantitative estimate of drug-likeness (QED) is 0.722. The van der Waals surface area contributed by atoms with E-state index < -0.39 is 0 Å². The molecule has 7 nitrogen and oxygen atoms in total. The van der Waals surface area contributed by atoms with Crippen LogP contribution in [0.4, 0.5) is 0 Å². The summed E-state index contributed by atoms with van der Waals surface area (Å²) in [6, 6.07) is 0.120. The summed E-state index contributed by atoms with van der Waals surface area (Å²) < 4.78 is 12.4. The zero-order chi connectivity index (χ0) is 13.5. The second-order valence-corrected chi connectivity index (χ2v) is 4.97. The summed E-state index contributed by atoms with van der Waals surface area (Å²) in [5.74, 6) is 1.39. The van der Waals surface area contributed by atoms with Crippen LogP contribution in [0.3, 0.4) is 0 Å². The van der Waals surface area contributed by atoms with Gasteiger partial charge in [-0.2, -0.15) is 0 Å². The predicted octanol–water partition coefficient (Wildman–Crippen LogP) is 0.397. The number of nitrogens with zero attached hydrogens (tertiary/aromatic N) is 4. The van der Waals surface area contributed by atoms with Crippen LogP contribution in [0.2, 0.25) is 0 Å². The molecule has 108 valence electrons. The first-order chi connectivity index (χ1) is 9.31. The Labute approximate surface area is 113 Å². The van der Waals surface area contributed by atoms with Gasteiger partial charge in [-0.15, -0.1) is 5.10 Å². The van der Waals surface area contributed by atoms with Gasteiger partial charge in [0, 0.05) is 32.7 Å². The van der Waals surface area contributed by atoms with Gasteiger partial charge in [0.15, 0.2) is 5.82 Å². The molecule has 0 saturated carbocycles. The summed E-state index contributed by atoms with van der Waals surface area (Å²) in [6.45, 7) is 6.06. The largest absolute Gasteiger partial charge is 0.383 e. The van der Waals surface area contributed by atoms with Crippen LogP contribution in [-0.4, -0.2) is 53.7 Å². The molecule has 0 radical (unpaired) electrons. The van der Waals surface area contributed by atoms with Crippen LogP contribution in [0.5, 0.6) is 0 Å². The van der Waals surface area contributed by atoms with Gasteiger partial charge in [-0.25, -0.2) is 4.68 Å². The normalized spacial score (nSPS) is 21.5. The Morgan fingerprint density at radius 2 is 2.47 bits per heavy atom. The second kappa shape index (κ2) is 7.52. The van der Waals surface area contributed by atoms with E-state index in [1.165, 1.54) is 6.42 Å². The van der Waals surface area contributed by atoms with E-state index in [0.717, 1.165) is 38.5 Å². The molecule has 1 N–H and O–H groups in total. The fourth-order valence-electron chi connectivity index (χ4n) is 2.32. The fraction of sp³-hybridized carbons (Fsp3) is 0.917. The minimum Gasteiger partial charge on any atom is -0.383 e. The highest BCUT2D eigenvalue weighted by molar-refractivity contribution is 4.90. The molecule has 1 aromatic heterocycles. The Morgan fingerprint density at radius 3 is 3.21 bits per heavy atom. The van der Waals surface area contributed by atoms with Crippen molar-refractivity contribution < 1.29 is 9.47 Å². The van der Waals surface area contributed by atoms with Crippen LogP contribution in [0, 0.1) is 5.92 Å². The van der Waals surface area contributed by atoms with Gasteiger partial charge < -0.3 is 14.8 Å². The zero-order valence-electron chi connectivity index (χ0n) is 11.7. The molecule has 7 heteroatoms. The maximum Gasteiger partial charge on any atom is 0.167 e. The van der Waals surface area contributed by atoms with Gasteiger partial charge in [-0.3, -0.25) is 0 Å². The monoisotopic (exact) mass is 269 g/mol. The second-order valence-electron chi connectivity index (χ2n) is 4.97. The molecule has 1 aliphatic heterocycles. The van der Waals surface area contributed by atoms with E-state index in [4.69, 9.17) is 9.47 Å². The number of nitrogens with one attached hydrogen (secondary N) is 1. The topological polar surface area (TPSA) is 74.1 Å². The molecule has 2 rings (SSSR count). The molecule has 1 fully saturated rings. The maximum absolute atomic E-state index is 5.50. The number of aromatic nitrogens is 4. The number of rotatable bonds is 7. The van der Waals surface area contributed by atoms with E-state index in [-0.39, 0.29) is 6.04 Å². The fourth-order valence-corrected chi connectivity index (χ4v) is 2.32. The first-order valence-corrected chi connectivity index (χ1v) is 6.87. The molecule has 0 spiro atoms. The smallest absolute Gasteiger partial charge is 0.167 e. The molecule has 1 aliphatic rings. The predicted molar refractivity (Wildman–Crippen MR) is 69.7 cm³/mol. The number of hydrogen-bond donors (Lipinski definition) is 1. The summed E-state index contributed by atoms with van der Waals surface area (Å²) in [5.41, 5.74) is 0. The van der Waals surface area contributed by atoms with Crippen molar-refractivity contribution in [3.8, 4) is 0 Å². The minimum absolute atomic E-state index is 0.120. The number of ether oxygens (including phenoxy) is 2. The molecule has 0 aliphatic carbocycles. The van der Waals surface area contributed by atoms with E-state index in [1.807, 2.05) is 4.68 Å². The molecule has 2 unspecified atom stereocenters. The summed E-state index contributed by atoms with van der Waals surface area (Å²) >= 11 is 0. The molecular weight excluding hydrogens is 246 g/mol. The molecule has 0 bridgehead atoms. The summed E-state index contributed by atoms with van der Waals surface area (Å²) in [5, 5.41) is 15.3. The van der Waals surface area contributed by atoms with Crippen LogP contribution < -0.4 is 5.32 Å². The van der Waals surface area contributed by atoms with E-state index >= 15 is 0 Å². The van der Waals surface area contributed by atoms with Crippen molar-refractivity contribution in [2.45, 2.75) is 32.4 Å². The Bertz CT molecular complexity index is 365. The van der Waals surface area contributed by atoms with Crippen LogP contribution in [0.1, 0.15) is 31.6 Å². The van der Waals surface area contributed by atoms with Crippen molar-refractivity contribution in [1.82, 2.24) is 25.5 Å². The van der Waals surface area contributed by atoms with Gasteiger partial charge in [-0.1, -0.05) is 0 Å². The summed E-state index contributed by atoms with van der Waals surface area (Å²) in [7, 11) is 1.69. The first kappa shape index (κ1) is 14.4. The van der Waals surface area contributed by atoms with Gasteiger partial charge in [0.2, 0.25) is 0 Å². The lowest BCUT2D eigenvalue weighted by Crippen LogP contribution is -2.28. The third-order valence-electron chi connectivity index (χ3n) is 3.39. The third-order valence-corrected chi connectivity index (χ3v) is 3.39. The van der Waals surface area contributed by atoms with Gasteiger partial charge in [0.05, 0.1) is 19.3 Å². The standard InChI is InChI=1S/C12H23N5O2/c1-10(13-5-7-18-2)12-14-15-16-17(12)8-11-4-3-6-19-9-11/h10-11,13H,3-9H2,1-2H3. The summed E-state index contributed by atoms with van der Waals surface area (Å²) in [6.07, 6.45) is 2.31. The Balaban J connectivity index is 1.88. The summed E-state index contributed by atoms with van der Waals surface area (Å²) in [4.78, 5) is 0. The van der Waals surface area contributed by atoms with Crippen molar-refractivity contribution in [2.75, 3.05) is 33.5 Å². The molecule has 2 atom stereocenters. The Morgan fingerprint density at radius 1 is 1.58 bits per heavy atom. The van der Waals surface area contributed by atoms with Gasteiger partial charge >= 0.3 is 0 Å². The van der Waals surface area contributed by atoms with Crippen LogP contribution in [-0.2, 0) is 16.0 Å². The molecular formula is C12H23N5O2. The molecule has 0 amide bonds. The molecule has 1 aromatic rings. The van der Waals surface area contributed by atoms with Crippen LogP contribution in [0.15, 0.2) is 0 Å². The van der Waals surface area contributed by atoms with E-state index in [1.54, 1.807) is 7.11 Å². The zero-order valence-corrected chi connectivity index (χ0v) is 11.7. The first-order valence-electron chi connectivity index (χ1n) is 6.87. The Kier molecular flexibility index (Phi) is 5.68. The average molecular weight is 269 g/mol.